The molecule has 0 saturated heterocycles. The highest BCUT2D eigenvalue weighted by Crippen LogP contribution is 2.45. The van der Waals surface area contributed by atoms with E-state index in [2.05, 4.69) is 12.1 Å². The fraction of sp³-hybridized carbons (Fsp3) is 0.364. The molecule has 0 bridgehead atoms. The zero-order valence-electron chi connectivity index (χ0n) is 15.8. The summed E-state index contributed by atoms with van der Waals surface area (Å²) in [6, 6.07) is 17.0. The quantitative estimate of drug-likeness (QED) is 0.657. The van der Waals surface area contributed by atoms with Gasteiger partial charge in [0, 0.05) is 0 Å². The van der Waals surface area contributed by atoms with Crippen LogP contribution in [0.15, 0.2) is 58.3 Å². The molecule has 0 radical (unpaired) electrons. The fourth-order valence-corrected chi connectivity index (χ4v) is 4.15. The summed E-state index contributed by atoms with van der Waals surface area (Å²) >= 11 is 0. The number of nitrogens with zero attached hydrogens (tertiary/aromatic N) is 2. The smallest absolute Gasteiger partial charge is 0.206 e. The van der Waals surface area contributed by atoms with E-state index in [9.17, 15) is 8.42 Å². The van der Waals surface area contributed by atoms with Crippen molar-refractivity contribution >= 4 is 9.84 Å². The number of hydrogen-bond acceptors (Lipinski definition) is 6. The first-order chi connectivity index (χ1) is 13.9. The van der Waals surface area contributed by atoms with Crippen molar-refractivity contribution in [3.63, 3.8) is 0 Å². The van der Waals surface area contributed by atoms with Crippen molar-refractivity contribution in [1.82, 2.24) is 0 Å². The number of sulfone groups is 1. The van der Waals surface area contributed by atoms with Gasteiger partial charge in [-0.3, -0.25) is 0 Å². The topological polar surface area (TPSA) is 100 Å². The van der Waals surface area contributed by atoms with Crippen LogP contribution in [0.25, 0.3) is 0 Å². The summed E-state index contributed by atoms with van der Waals surface area (Å²) in [4.78, 5) is 0.336. The van der Waals surface area contributed by atoms with E-state index in [1.165, 1.54) is 24.3 Å². The van der Waals surface area contributed by atoms with E-state index in [-0.39, 0.29) is 20.6 Å². The van der Waals surface area contributed by atoms with Crippen LogP contribution in [0, 0.1) is 33.5 Å². The molecule has 0 amide bonds. The van der Waals surface area contributed by atoms with Crippen LogP contribution in [0.1, 0.15) is 25.7 Å². The molecule has 29 heavy (non-hydrogen) atoms. The summed E-state index contributed by atoms with van der Waals surface area (Å²) in [5.74, 6) is 1.08. The predicted octanol–water partition coefficient (Wildman–Crippen LogP) is 3.88. The third-order valence-corrected chi connectivity index (χ3v) is 7.27. The van der Waals surface area contributed by atoms with Crippen molar-refractivity contribution in [3.05, 3.63) is 48.5 Å². The Hall–Kier alpha value is -3.03. The van der Waals surface area contributed by atoms with E-state index in [0.29, 0.717) is 24.7 Å². The van der Waals surface area contributed by atoms with Crippen LogP contribution >= 0.6 is 0 Å². The Morgan fingerprint density at radius 3 is 1.34 bits per heavy atom. The Morgan fingerprint density at radius 2 is 1.07 bits per heavy atom. The summed E-state index contributed by atoms with van der Waals surface area (Å²) in [5.41, 5.74) is -0.748. The maximum atomic E-state index is 12.8. The fourth-order valence-electron chi connectivity index (χ4n) is 2.89. The molecule has 2 aromatic carbocycles. The summed E-state index contributed by atoms with van der Waals surface area (Å²) in [6.07, 6.45) is 3.36. The van der Waals surface area contributed by atoms with Crippen LogP contribution in [0.4, 0.5) is 0 Å². The van der Waals surface area contributed by atoms with Crippen molar-refractivity contribution in [3.8, 4) is 23.6 Å². The van der Waals surface area contributed by atoms with E-state index >= 15 is 0 Å². The van der Waals surface area contributed by atoms with Crippen molar-refractivity contribution < 1.29 is 17.9 Å². The zero-order valence-corrected chi connectivity index (χ0v) is 16.6. The van der Waals surface area contributed by atoms with Gasteiger partial charge in [0.05, 0.1) is 32.8 Å². The van der Waals surface area contributed by atoms with Crippen molar-refractivity contribution in [2.45, 2.75) is 35.5 Å². The summed E-state index contributed by atoms with van der Waals surface area (Å²) < 4.78 is 36.9. The number of rotatable bonds is 8. The molecule has 2 aromatic rings. The highest BCUT2D eigenvalue weighted by Gasteiger charge is 2.44. The largest absolute Gasteiger partial charge is 0.492 e. The first-order valence-corrected chi connectivity index (χ1v) is 10.9. The van der Waals surface area contributed by atoms with Crippen LogP contribution in [0.2, 0.25) is 0 Å². The minimum absolute atomic E-state index is 0.168. The van der Waals surface area contributed by atoms with Gasteiger partial charge in [-0.25, -0.2) is 8.42 Å². The van der Waals surface area contributed by atoms with Crippen LogP contribution in [0.3, 0.4) is 0 Å². The number of hydrogen-bond donors (Lipinski definition) is 0. The standard InChI is InChI=1S/C22H20N2O4S/c23-13-21(9-10-21)15-27-17-1-5-19(6-2-17)29(25,26)20-7-3-18(4-8-20)28-16-22(14-24)11-12-22/h1-8H,9-12,15-16H2. The van der Waals surface area contributed by atoms with E-state index < -0.39 is 9.84 Å². The van der Waals surface area contributed by atoms with Crippen molar-refractivity contribution in [1.29, 1.82) is 10.5 Å². The second-order valence-corrected chi connectivity index (χ2v) is 9.76. The van der Waals surface area contributed by atoms with E-state index in [4.69, 9.17) is 20.0 Å². The van der Waals surface area contributed by atoms with Gasteiger partial charge < -0.3 is 9.47 Å². The van der Waals surface area contributed by atoms with E-state index in [1.807, 2.05) is 0 Å². The lowest BCUT2D eigenvalue weighted by Crippen LogP contribution is -2.11. The second-order valence-electron chi connectivity index (χ2n) is 7.81. The Morgan fingerprint density at radius 1 is 0.724 bits per heavy atom. The molecule has 2 aliphatic rings. The molecule has 0 aromatic heterocycles. The lowest BCUT2D eigenvalue weighted by molar-refractivity contribution is 0.268. The molecule has 0 spiro atoms. The molecule has 2 fully saturated rings. The Kier molecular flexibility index (Phi) is 4.72. The Labute approximate surface area is 170 Å². The molecule has 0 atom stereocenters. The molecule has 0 unspecified atom stereocenters. The molecule has 148 valence electrons. The van der Waals surface area contributed by atoms with Crippen LogP contribution in [-0.4, -0.2) is 21.6 Å². The zero-order chi connectivity index (χ0) is 20.5. The number of nitriles is 2. The first kappa shape index (κ1) is 19.3. The normalized spacial score (nSPS) is 18.1. The Bertz CT molecular complexity index is 1000. The number of benzene rings is 2. The van der Waals surface area contributed by atoms with Gasteiger partial charge in [0.15, 0.2) is 0 Å². The average molecular weight is 408 g/mol. The maximum Gasteiger partial charge on any atom is 0.206 e. The lowest BCUT2D eigenvalue weighted by Gasteiger charge is -2.11. The summed E-state index contributed by atoms with van der Waals surface area (Å²) in [5, 5.41) is 18.2. The Balaban J connectivity index is 1.41. The third kappa shape index (κ3) is 4.06. The average Bonchev–Trinajstić information content (AvgIpc) is 3.68. The maximum absolute atomic E-state index is 12.8. The molecule has 4 rings (SSSR count). The summed E-state index contributed by atoms with van der Waals surface area (Å²) in [6.45, 7) is 0.647. The molecular weight excluding hydrogens is 388 g/mol. The minimum Gasteiger partial charge on any atom is -0.492 e. The van der Waals surface area contributed by atoms with Crippen molar-refractivity contribution in [2.75, 3.05) is 13.2 Å². The molecule has 0 heterocycles. The monoisotopic (exact) mass is 408 g/mol. The van der Waals surface area contributed by atoms with E-state index in [1.54, 1.807) is 24.3 Å². The van der Waals surface area contributed by atoms with Crippen LogP contribution < -0.4 is 9.47 Å². The molecule has 2 aliphatic carbocycles. The highest BCUT2D eigenvalue weighted by molar-refractivity contribution is 7.91. The van der Waals surface area contributed by atoms with Crippen LogP contribution in [0.5, 0.6) is 11.5 Å². The van der Waals surface area contributed by atoms with Crippen LogP contribution in [-0.2, 0) is 9.84 Å². The first-order valence-electron chi connectivity index (χ1n) is 9.44. The highest BCUT2D eigenvalue weighted by atomic mass is 32.2. The van der Waals surface area contributed by atoms with Gasteiger partial charge in [-0.2, -0.15) is 10.5 Å². The van der Waals surface area contributed by atoms with Gasteiger partial charge in [0.2, 0.25) is 9.84 Å². The van der Waals surface area contributed by atoms with Gasteiger partial charge >= 0.3 is 0 Å². The SMILES string of the molecule is N#CC1(COc2ccc(S(=O)(=O)c3ccc(OCC4(C#N)CC4)cc3)cc2)CC1. The molecule has 0 aliphatic heterocycles. The van der Waals surface area contributed by atoms with Gasteiger partial charge in [0.1, 0.15) is 24.7 Å². The summed E-state index contributed by atoms with van der Waals surface area (Å²) in [7, 11) is -3.66. The van der Waals surface area contributed by atoms with Gasteiger partial charge in [0.25, 0.3) is 0 Å². The molecule has 6 nitrogen and oxygen atoms in total. The van der Waals surface area contributed by atoms with Gasteiger partial charge in [-0.1, -0.05) is 0 Å². The third-order valence-electron chi connectivity index (χ3n) is 5.48. The predicted molar refractivity (Wildman–Crippen MR) is 104 cm³/mol. The lowest BCUT2D eigenvalue weighted by atomic mass is 10.1. The van der Waals surface area contributed by atoms with Gasteiger partial charge in [-0.05, 0) is 74.2 Å². The van der Waals surface area contributed by atoms with Gasteiger partial charge in [-0.15, -0.1) is 0 Å². The second kappa shape index (κ2) is 7.09. The minimum atomic E-state index is -3.66. The molecule has 7 heteroatoms. The molecular formula is C22H20N2O4S. The van der Waals surface area contributed by atoms with Crippen molar-refractivity contribution in [2.24, 2.45) is 10.8 Å². The number of ether oxygens (including phenoxy) is 2. The molecule has 0 N–H and O–H groups in total. The molecule has 2 saturated carbocycles. The van der Waals surface area contributed by atoms with E-state index in [0.717, 1.165) is 25.7 Å².